The highest BCUT2D eigenvalue weighted by Gasteiger charge is 2.50. The van der Waals surface area contributed by atoms with Crippen molar-refractivity contribution in [2.45, 2.75) is 30.3 Å². The Hall–Kier alpha value is -0.530. The van der Waals surface area contributed by atoms with E-state index in [0.29, 0.717) is 0 Å². The van der Waals surface area contributed by atoms with E-state index in [1.165, 1.54) is 0 Å². The second-order valence-corrected chi connectivity index (χ2v) is 3.29. The topological polar surface area (TPSA) is 118 Å². The van der Waals surface area contributed by atoms with Crippen LogP contribution in [-0.4, -0.2) is 61.8 Å². The van der Waals surface area contributed by atoms with Crippen LogP contribution in [0, 0.1) is 0 Å². The normalized spacial score (nSPS) is 46.5. The molecule has 6 nitrogen and oxygen atoms in total. The molecule has 0 amide bonds. The molecule has 1 aliphatic carbocycles. The fourth-order valence-corrected chi connectivity index (χ4v) is 1.34. The molecule has 0 radical (unpaired) electrons. The van der Waals surface area contributed by atoms with Crippen molar-refractivity contribution in [3.63, 3.8) is 0 Å². The molecule has 13 heavy (non-hydrogen) atoms. The summed E-state index contributed by atoms with van der Waals surface area (Å²) in [7, 11) is 0. The van der Waals surface area contributed by atoms with E-state index in [9.17, 15) is 15.0 Å². The predicted molar refractivity (Wildman–Crippen MR) is 39.7 cm³/mol. The standard InChI is InChI=1S/C7H12O6/c8-2-7(13)1-3(9)4(10)5(11)6(7)12/h4-6,8,10-13H,1-2H2. The van der Waals surface area contributed by atoms with Crippen LogP contribution < -0.4 is 0 Å². The molecule has 0 saturated heterocycles. The molecule has 1 aliphatic rings. The molecule has 5 N–H and O–H groups in total. The fourth-order valence-electron chi connectivity index (χ4n) is 1.34. The van der Waals surface area contributed by atoms with Crippen LogP contribution in [0.15, 0.2) is 0 Å². The van der Waals surface area contributed by atoms with E-state index < -0.39 is 42.7 Å². The molecule has 1 rings (SSSR count). The predicted octanol–water partition coefficient (Wildman–Crippen LogP) is -3.23. The number of aliphatic hydroxyl groups excluding tert-OH is 4. The lowest BCUT2D eigenvalue weighted by Crippen LogP contribution is -2.62. The molecule has 0 heterocycles. The highest BCUT2D eigenvalue weighted by molar-refractivity contribution is 5.85. The Bertz CT molecular complexity index is 217. The Kier molecular flexibility index (Phi) is 2.69. The number of hydrogen-bond donors (Lipinski definition) is 5. The van der Waals surface area contributed by atoms with E-state index >= 15 is 0 Å². The zero-order chi connectivity index (χ0) is 10.2. The van der Waals surface area contributed by atoms with Gasteiger partial charge in [0.15, 0.2) is 5.78 Å². The monoisotopic (exact) mass is 192 g/mol. The van der Waals surface area contributed by atoms with Gasteiger partial charge in [0.05, 0.1) is 6.61 Å². The number of rotatable bonds is 1. The van der Waals surface area contributed by atoms with E-state index in [1.807, 2.05) is 0 Å². The van der Waals surface area contributed by atoms with Gasteiger partial charge in [-0.15, -0.1) is 0 Å². The van der Waals surface area contributed by atoms with E-state index in [4.69, 9.17) is 15.3 Å². The zero-order valence-corrected chi connectivity index (χ0v) is 6.79. The van der Waals surface area contributed by atoms with Gasteiger partial charge in [-0.3, -0.25) is 4.79 Å². The lowest BCUT2D eigenvalue weighted by molar-refractivity contribution is -0.198. The molecule has 1 fully saturated rings. The van der Waals surface area contributed by atoms with Crippen molar-refractivity contribution < 1.29 is 30.3 Å². The van der Waals surface area contributed by atoms with E-state index in [2.05, 4.69) is 0 Å². The van der Waals surface area contributed by atoms with Crippen LogP contribution in [0.4, 0.5) is 0 Å². The molecule has 0 bridgehead atoms. The van der Waals surface area contributed by atoms with Crippen molar-refractivity contribution in [2.75, 3.05) is 6.61 Å². The Balaban J connectivity index is 2.88. The summed E-state index contributed by atoms with van der Waals surface area (Å²) in [5.41, 5.74) is -2.05. The minimum atomic E-state index is -2.05. The van der Waals surface area contributed by atoms with Gasteiger partial charge >= 0.3 is 0 Å². The number of carbonyl (C=O) groups excluding carboxylic acids is 1. The lowest BCUT2D eigenvalue weighted by Gasteiger charge is -2.39. The molecule has 0 aromatic rings. The van der Waals surface area contributed by atoms with E-state index in [0.717, 1.165) is 0 Å². The summed E-state index contributed by atoms with van der Waals surface area (Å²) in [4.78, 5) is 10.9. The van der Waals surface area contributed by atoms with Gasteiger partial charge in [0.25, 0.3) is 0 Å². The third-order valence-corrected chi connectivity index (χ3v) is 2.28. The Morgan fingerprint density at radius 3 is 2.38 bits per heavy atom. The van der Waals surface area contributed by atoms with Crippen LogP contribution in [-0.2, 0) is 4.79 Å². The maximum absolute atomic E-state index is 10.9. The summed E-state index contributed by atoms with van der Waals surface area (Å²) in [5.74, 6) is -0.797. The van der Waals surface area contributed by atoms with Crippen molar-refractivity contribution in [1.29, 1.82) is 0 Å². The number of carbonyl (C=O) groups is 1. The third-order valence-electron chi connectivity index (χ3n) is 2.28. The van der Waals surface area contributed by atoms with Gasteiger partial charge in [-0.25, -0.2) is 0 Å². The van der Waals surface area contributed by atoms with E-state index in [1.54, 1.807) is 0 Å². The maximum atomic E-state index is 10.9. The SMILES string of the molecule is O=C1CC(O)(CO)C(O)C(O)C1O. The van der Waals surface area contributed by atoms with Crippen molar-refractivity contribution >= 4 is 5.78 Å². The van der Waals surface area contributed by atoms with Crippen molar-refractivity contribution in [2.24, 2.45) is 0 Å². The van der Waals surface area contributed by atoms with Gasteiger partial charge in [-0.2, -0.15) is 0 Å². The first-order valence-electron chi connectivity index (χ1n) is 3.82. The second kappa shape index (κ2) is 3.32. The quantitative estimate of drug-likeness (QED) is 0.298. The summed E-state index contributed by atoms with van der Waals surface area (Å²) >= 11 is 0. The summed E-state index contributed by atoms with van der Waals surface area (Å²) in [6, 6.07) is 0. The molecule has 0 aliphatic heterocycles. The van der Waals surface area contributed by atoms with Gasteiger partial charge in [0, 0.05) is 6.42 Å². The first-order chi connectivity index (χ1) is 5.92. The number of Topliss-reactive ketones (excluding diaryl/α,β-unsaturated/α-hetero) is 1. The molecule has 0 aromatic heterocycles. The van der Waals surface area contributed by atoms with Gasteiger partial charge in [0.1, 0.15) is 23.9 Å². The Morgan fingerprint density at radius 1 is 1.38 bits per heavy atom. The summed E-state index contributed by atoms with van der Waals surface area (Å²) in [6.07, 6.45) is -5.73. The van der Waals surface area contributed by atoms with Crippen molar-refractivity contribution in [3.8, 4) is 0 Å². The van der Waals surface area contributed by atoms with Gasteiger partial charge in [-0.05, 0) is 0 Å². The van der Waals surface area contributed by atoms with Crippen LogP contribution in [0.5, 0.6) is 0 Å². The summed E-state index contributed by atoms with van der Waals surface area (Å²) in [5, 5.41) is 45.4. The Morgan fingerprint density at radius 2 is 1.92 bits per heavy atom. The van der Waals surface area contributed by atoms with Crippen LogP contribution in [0.3, 0.4) is 0 Å². The smallest absolute Gasteiger partial charge is 0.167 e. The highest BCUT2D eigenvalue weighted by atomic mass is 16.4. The summed E-state index contributed by atoms with van der Waals surface area (Å²) < 4.78 is 0. The minimum absolute atomic E-state index is 0.567. The van der Waals surface area contributed by atoms with Gasteiger partial charge in [0.2, 0.25) is 0 Å². The number of aliphatic hydroxyl groups is 5. The molecule has 76 valence electrons. The molecule has 4 unspecified atom stereocenters. The van der Waals surface area contributed by atoms with Crippen LogP contribution in [0.2, 0.25) is 0 Å². The fraction of sp³-hybridized carbons (Fsp3) is 0.857. The second-order valence-electron chi connectivity index (χ2n) is 3.29. The third kappa shape index (κ3) is 1.59. The van der Waals surface area contributed by atoms with Crippen molar-refractivity contribution in [3.05, 3.63) is 0 Å². The lowest BCUT2D eigenvalue weighted by atomic mass is 9.78. The average molecular weight is 192 g/mol. The molecule has 0 aromatic carbocycles. The van der Waals surface area contributed by atoms with Gasteiger partial charge in [-0.1, -0.05) is 0 Å². The van der Waals surface area contributed by atoms with Crippen LogP contribution >= 0.6 is 0 Å². The molecule has 1 saturated carbocycles. The molecular weight excluding hydrogens is 180 g/mol. The first-order valence-corrected chi connectivity index (χ1v) is 3.82. The summed E-state index contributed by atoms with van der Waals surface area (Å²) in [6.45, 7) is -0.844. The zero-order valence-electron chi connectivity index (χ0n) is 6.79. The largest absolute Gasteiger partial charge is 0.393 e. The highest BCUT2D eigenvalue weighted by Crippen LogP contribution is 2.26. The van der Waals surface area contributed by atoms with Crippen LogP contribution in [0.1, 0.15) is 6.42 Å². The van der Waals surface area contributed by atoms with Gasteiger partial charge < -0.3 is 25.5 Å². The molecule has 4 atom stereocenters. The molecular formula is C7H12O6. The average Bonchev–Trinajstić information content (AvgIpc) is 2.12. The Labute approximate surface area is 74.1 Å². The van der Waals surface area contributed by atoms with Crippen molar-refractivity contribution in [1.82, 2.24) is 0 Å². The number of hydrogen-bond acceptors (Lipinski definition) is 6. The van der Waals surface area contributed by atoms with E-state index in [-0.39, 0.29) is 0 Å². The first kappa shape index (κ1) is 10.6. The number of ketones is 1. The minimum Gasteiger partial charge on any atom is -0.393 e. The maximum Gasteiger partial charge on any atom is 0.167 e. The molecule has 0 spiro atoms. The molecule has 6 heteroatoms. The van der Waals surface area contributed by atoms with Crippen LogP contribution in [0.25, 0.3) is 0 Å².